The summed E-state index contributed by atoms with van der Waals surface area (Å²) >= 11 is 6.21. The molecule has 19 heavy (non-hydrogen) atoms. The van der Waals surface area contributed by atoms with Gasteiger partial charge in [0.1, 0.15) is 5.78 Å². The number of aryl methyl sites for hydroxylation is 2. The van der Waals surface area contributed by atoms with Gasteiger partial charge in [0.25, 0.3) is 0 Å². The number of carbonyl (C=O) groups is 1. The molecule has 1 aromatic rings. The first-order valence-corrected chi connectivity index (χ1v) is 7.61. The lowest BCUT2D eigenvalue weighted by Crippen LogP contribution is -2.23. The number of aromatic nitrogens is 2. The summed E-state index contributed by atoms with van der Waals surface area (Å²) < 4.78 is 1.74. The fourth-order valence-electron chi connectivity index (χ4n) is 3.07. The van der Waals surface area contributed by atoms with Crippen LogP contribution in [0.4, 0.5) is 0 Å². The maximum absolute atomic E-state index is 12.4. The molecule has 3 nitrogen and oxygen atoms in total. The molecule has 1 aromatic heterocycles. The molecule has 0 spiro atoms. The van der Waals surface area contributed by atoms with E-state index in [-0.39, 0.29) is 5.92 Å². The first-order valence-electron chi connectivity index (χ1n) is 7.23. The largest absolute Gasteiger partial charge is 0.299 e. The van der Waals surface area contributed by atoms with Gasteiger partial charge in [0, 0.05) is 13.0 Å². The summed E-state index contributed by atoms with van der Waals surface area (Å²) in [6.45, 7) is 4.12. The summed E-state index contributed by atoms with van der Waals surface area (Å²) in [6.07, 6.45) is 6.17. The van der Waals surface area contributed by atoms with Gasteiger partial charge in [-0.2, -0.15) is 5.10 Å². The Labute approximate surface area is 120 Å². The lowest BCUT2D eigenvalue weighted by atomic mass is 9.78. The third-order valence-corrected chi connectivity index (χ3v) is 4.97. The van der Waals surface area contributed by atoms with Crippen molar-refractivity contribution >= 4 is 17.4 Å². The van der Waals surface area contributed by atoms with Gasteiger partial charge in [0.15, 0.2) is 0 Å². The second-order valence-corrected chi connectivity index (χ2v) is 6.12. The fourth-order valence-corrected chi connectivity index (χ4v) is 3.30. The number of ketones is 1. The summed E-state index contributed by atoms with van der Waals surface area (Å²) in [4.78, 5) is 12.4. The van der Waals surface area contributed by atoms with Crippen LogP contribution in [0.1, 0.15) is 50.4 Å². The molecule has 1 fully saturated rings. The predicted molar refractivity (Wildman–Crippen MR) is 77.4 cm³/mol. The highest BCUT2D eigenvalue weighted by molar-refractivity contribution is 6.32. The molecule has 0 radical (unpaired) electrons. The van der Waals surface area contributed by atoms with Gasteiger partial charge in [-0.25, -0.2) is 0 Å². The third-order valence-electron chi connectivity index (χ3n) is 4.48. The standard InChI is InChI=1S/C15H23ClN2O/c1-4-11-5-7-12(8-6-11)14(19)9-13-15(16)10(2)17-18(13)3/h11-12H,4-9H2,1-3H3. The SMILES string of the molecule is CCC1CCC(C(=O)Cc2c(Cl)c(C)nn2C)CC1. The van der Waals surface area contributed by atoms with E-state index in [0.717, 1.165) is 30.1 Å². The number of carbonyl (C=O) groups excluding carboxylic acids is 1. The minimum Gasteiger partial charge on any atom is -0.299 e. The molecule has 0 aliphatic heterocycles. The molecule has 2 rings (SSSR count). The van der Waals surface area contributed by atoms with Gasteiger partial charge in [0.05, 0.1) is 22.8 Å². The van der Waals surface area contributed by atoms with Gasteiger partial charge in [-0.15, -0.1) is 0 Å². The number of Topliss-reactive ketones (excluding diaryl/α,β-unsaturated/α-hetero) is 1. The summed E-state index contributed by atoms with van der Waals surface area (Å²) in [6, 6.07) is 0. The van der Waals surface area contributed by atoms with Crippen LogP contribution in [0.3, 0.4) is 0 Å². The normalized spacial score (nSPS) is 23.6. The summed E-state index contributed by atoms with van der Waals surface area (Å²) in [5, 5.41) is 4.92. The number of halogens is 1. The van der Waals surface area contributed by atoms with Crippen molar-refractivity contribution in [1.29, 1.82) is 0 Å². The van der Waals surface area contributed by atoms with Crippen LogP contribution >= 0.6 is 11.6 Å². The van der Waals surface area contributed by atoms with Crippen molar-refractivity contribution < 1.29 is 4.79 Å². The molecule has 0 amide bonds. The van der Waals surface area contributed by atoms with Crippen molar-refractivity contribution in [3.05, 3.63) is 16.4 Å². The van der Waals surface area contributed by atoms with Gasteiger partial charge in [-0.3, -0.25) is 9.48 Å². The second-order valence-electron chi connectivity index (χ2n) is 5.74. The Kier molecular flexibility index (Phi) is 4.67. The molecule has 106 valence electrons. The Morgan fingerprint density at radius 3 is 2.47 bits per heavy atom. The number of hydrogen-bond acceptors (Lipinski definition) is 2. The first-order chi connectivity index (χ1) is 9.02. The Balaban J connectivity index is 1.98. The monoisotopic (exact) mass is 282 g/mol. The Morgan fingerprint density at radius 2 is 2.00 bits per heavy atom. The maximum atomic E-state index is 12.4. The molecule has 0 saturated heterocycles. The second kappa shape index (κ2) is 6.08. The van der Waals surface area contributed by atoms with Crippen LogP contribution in [0.5, 0.6) is 0 Å². The zero-order valence-corrected chi connectivity index (χ0v) is 12.8. The highest BCUT2D eigenvalue weighted by atomic mass is 35.5. The maximum Gasteiger partial charge on any atom is 0.141 e. The highest BCUT2D eigenvalue weighted by Crippen LogP contribution is 2.32. The van der Waals surface area contributed by atoms with Crippen molar-refractivity contribution in [2.45, 2.75) is 52.4 Å². The molecule has 0 bridgehead atoms. The quantitative estimate of drug-likeness (QED) is 0.844. The summed E-state index contributed by atoms with van der Waals surface area (Å²) in [5.74, 6) is 1.39. The van der Waals surface area contributed by atoms with Crippen LogP contribution in [-0.2, 0) is 18.3 Å². The molecule has 0 N–H and O–H groups in total. The van der Waals surface area contributed by atoms with Crippen LogP contribution in [0, 0.1) is 18.8 Å². The van der Waals surface area contributed by atoms with Crippen LogP contribution in [-0.4, -0.2) is 15.6 Å². The van der Waals surface area contributed by atoms with Crippen LogP contribution in [0.25, 0.3) is 0 Å². The van der Waals surface area contributed by atoms with Crippen LogP contribution in [0.2, 0.25) is 5.02 Å². The van der Waals surface area contributed by atoms with Crippen molar-refractivity contribution in [3.8, 4) is 0 Å². The molecule has 0 aromatic carbocycles. The average molecular weight is 283 g/mol. The Bertz CT molecular complexity index is 459. The molecule has 1 heterocycles. The molecule has 1 aliphatic carbocycles. The van der Waals surface area contributed by atoms with E-state index in [4.69, 9.17) is 11.6 Å². The van der Waals surface area contributed by atoms with E-state index >= 15 is 0 Å². The van der Waals surface area contributed by atoms with E-state index < -0.39 is 0 Å². The van der Waals surface area contributed by atoms with Gasteiger partial charge < -0.3 is 0 Å². The lowest BCUT2D eigenvalue weighted by molar-refractivity contribution is -0.123. The van der Waals surface area contributed by atoms with Gasteiger partial charge in [-0.05, 0) is 38.5 Å². The highest BCUT2D eigenvalue weighted by Gasteiger charge is 2.26. The van der Waals surface area contributed by atoms with E-state index in [0.29, 0.717) is 17.2 Å². The average Bonchev–Trinajstić information content (AvgIpc) is 2.65. The predicted octanol–water partition coefficient (Wildman–Crippen LogP) is 3.71. The van der Waals surface area contributed by atoms with E-state index in [1.54, 1.807) is 4.68 Å². The van der Waals surface area contributed by atoms with Crippen molar-refractivity contribution in [3.63, 3.8) is 0 Å². The van der Waals surface area contributed by atoms with Gasteiger partial charge in [-0.1, -0.05) is 24.9 Å². The van der Waals surface area contributed by atoms with Crippen molar-refractivity contribution in [1.82, 2.24) is 9.78 Å². The molecule has 1 aliphatic rings. The first kappa shape index (κ1) is 14.6. The summed E-state index contributed by atoms with van der Waals surface area (Å²) in [5.41, 5.74) is 1.67. The fraction of sp³-hybridized carbons (Fsp3) is 0.733. The van der Waals surface area contributed by atoms with Crippen molar-refractivity contribution in [2.75, 3.05) is 0 Å². The van der Waals surface area contributed by atoms with E-state index in [1.807, 2.05) is 14.0 Å². The minimum absolute atomic E-state index is 0.231. The Hall–Kier alpha value is -0.830. The van der Waals surface area contributed by atoms with E-state index in [1.165, 1.54) is 19.3 Å². The van der Waals surface area contributed by atoms with Crippen LogP contribution < -0.4 is 0 Å². The van der Waals surface area contributed by atoms with Crippen molar-refractivity contribution in [2.24, 2.45) is 18.9 Å². The van der Waals surface area contributed by atoms with Crippen LogP contribution in [0.15, 0.2) is 0 Å². The molecule has 0 atom stereocenters. The number of nitrogens with zero attached hydrogens (tertiary/aromatic N) is 2. The smallest absolute Gasteiger partial charge is 0.141 e. The zero-order valence-electron chi connectivity index (χ0n) is 12.1. The molecular weight excluding hydrogens is 260 g/mol. The third kappa shape index (κ3) is 3.19. The lowest BCUT2D eigenvalue weighted by Gasteiger charge is -2.26. The topological polar surface area (TPSA) is 34.9 Å². The molecule has 0 unspecified atom stereocenters. The minimum atomic E-state index is 0.231. The zero-order chi connectivity index (χ0) is 14.0. The molecule has 1 saturated carbocycles. The van der Waals surface area contributed by atoms with E-state index in [2.05, 4.69) is 12.0 Å². The number of rotatable bonds is 4. The van der Waals surface area contributed by atoms with Gasteiger partial charge in [0.2, 0.25) is 0 Å². The molecular formula is C15H23ClN2O. The molecule has 4 heteroatoms. The van der Waals surface area contributed by atoms with Gasteiger partial charge >= 0.3 is 0 Å². The van der Waals surface area contributed by atoms with E-state index in [9.17, 15) is 4.79 Å². The number of hydrogen-bond donors (Lipinski definition) is 0. The summed E-state index contributed by atoms with van der Waals surface area (Å²) in [7, 11) is 1.86. The Morgan fingerprint density at radius 1 is 1.37 bits per heavy atom.